The third-order valence-corrected chi connectivity index (χ3v) is 2.11. The molecule has 1 aromatic carbocycles. The Morgan fingerprint density at radius 1 is 1.50 bits per heavy atom. The summed E-state index contributed by atoms with van der Waals surface area (Å²) in [7, 11) is 0. The van der Waals surface area contributed by atoms with Crippen LogP contribution in [0.3, 0.4) is 0 Å². The molecule has 0 aliphatic carbocycles. The van der Waals surface area contributed by atoms with E-state index in [0.29, 0.717) is 5.56 Å². The van der Waals surface area contributed by atoms with Crippen LogP contribution in [0, 0.1) is 11.3 Å². The van der Waals surface area contributed by atoms with Gasteiger partial charge >= 0.3 is 0 Å². The summed E-state index contributed by atoms with van der Waals surface area (Å²) in [5.41, 5.74) is 0.569. The summed E-state index contributed by atoms with van der Waals surface area (Å²) in [5, 5.41) is 8.30. The highest BCUT2D eigenvalue weighted by Crippen LogP contribution is 2.16. The Morgan fingerprint density at radius 3 is 2.75 bits per heavy atom. The summed E-state index contributed by atoms with van der Waals surface area (Å²) in [6, 6.07) is 8.90. The van der Waals surface area contributed by atoms with Crippen LogP contribution in [0.25, 0.3) is 0 Å². The highest BCUT2D eigenvalue weighted by molar-refractivity contribution is 9.10. The lowest BCUT2D eigenvalue weighted by Gasteiger charge is -1.98. The van der Waals surface area contributed by atoms with E-state index >= 15 is 0 Å². The van der Waals surface area contributed by atoms with Crippen molar-refractivity contribution in [3.8, 4) is 6.07 Å². The summed E-state index contributed by atoms with van der Waals surface area (Å²) in [6.45, 7) is 0. The molecule has 0 saturated heterocycles. The molecule has 0 spiro atoms. The maximum absolute atomic E-state index is 11.2. The first-order valence-electron chi connectivity index (χ1n) is 3.40. The van der Waals surface area contributed by atoms with Crippen LogP contribution in [-0.4, -0.2) is 5.78 Å². The number of hydrogen-bond acceptors (Lipinski definition) is 2. The van der Waals surface area contributed by atoms with Crippen LogP contribution < -0.4 is 0 Å². The predicted molar refractivity (Wildman–Crippen MR) is 48.7 cm³/mol. The molecule has 0 unspecified atom stereocenters. The SMILES string of the molecule is N#CCC(=O)c1ccccc1Br. The molecule has 0 saturated carbocycles. The number of rotatable bonds is 2. The topological polar surface area (TPSA) is 40.9 Å². The van der Waals surface area contributed by atoms with E-state index in [1.807, 2.05) is 12.1 Å². The van der Waals surface area contributed by atoms with E-state index < -0.39 is 0 Å². The van der Waals surface area contributed by atoms with E-state index in [9.17, 15) is 4.79 Å². The van der Waals surface area contributed by atoms with Gasteiger partial charge in [0.25, 0.3) is 0 Å². The number of carbonyl (C=O) groups is 1. The summed E-state index contributed by atoms with van der Waals surface area (Å²) in [5.74, 6) is -0.148. The normalized spacial score (nSPS) is 9.00. The Labute approximate surface area is 78.9 Å². The summed E-state index contributed by atoms with van der Waals surface area (Å²) in [4.78, 5) is 11.2. The minimum Gasteiger partial charge on any atom is -0.293 e. The maximum Gasteiger partial charge on any atom is 0.178 e. The Hall–Kier alpha value is -1.14. The average molecular weight is 224 g/mol. The molecule has 0 aliphatic heterocycles. The predicted octanol–water partition coefficient (Wildman–Crippen LogP) is 2.55. The molecule has 0 aliphatic rings. The molecular weight excluding hydrogens is 218 g/mol. The molecule has 0 N–H and O–H groups in total. The van der Waals surface area contributed by atoms with Crippen molar-refractivity contribution < 1.29 is 4.79 Å². The second-order valence-electron chi connectivity index (χ2n) is 2.24. The first kappa shape index (κ1) is 8.95. The molecular formula is C9H6BrNO. The smallest absolute Gasteiger partial charge is 0.178 e. The average Bonchev–Trinajstić information content (AvgIpc) is 2.05. The highest BCUT2D eigenvalue weighted by atomic mass is 79.9. The molecule has 1 rings (SSSR count). The van der Waals surface area contributed by atoms with Crippen LogP contribution in [0.2, 0.25) is 0 Å². The van der Waals surface area contributed by atoms with E-state index in [1.165, 1.54) is 0 Å². The molecule has 0 atom stereocenters. The minimum absolute atomic E-state index is 0.0669. The van der Waals surface area contributed by atoms with E-state index in [-0.39, 0.29) is 12.2 Å². The van der Waals surface area contributed by atoms with Gasteiger partial charge in [0.2, 0.25) is 0 Å². The zero-order valence-electron chi connectivity index (χ0n) is 6.25. The van der Waals surface area contributed by atoms with Crippen molar-refractivity contribution in [2.24, 2.45) is 0 Å². The molecule has 60 valence electrons. The molecule has 0 radical (unpaired) electrons. The molecule has 1 aromatic rings. The molecule has 0 heterocycles. The largest absolute Gasteiger partial charge is 0.293 e. The van der Waals surface area contributed by atoms with Gasteiger partial charge in [-0.2, -0.15) is 5.26 Å². The van der Waals surface area contributed by atoms with Crippen molar-refractivity contribution in [1.82, 2.24) is 0 Å². The van der Waals surface area contributed by atoms with Crippen LogP contribution >= 0.6 is 15.9 Å². The summed E-state index contributed by atoms with van der Waals surface area (Å²) in [6.07, 6.45) is -0.0669. The fraction of sp³-hybridized carbons (Fsp3) is 0.111. The molecule has 0 bridgehead atoms. The van der Waals surface area contributed by atoms with E-state index in [1.54, 1.807) is 18.2 Å². The van der Waals surface area contributed by atoms with Crippen LogP contribution in [0.15, 0.2) is 28.7 Å². The second kappa shape index (κ2) is 4.03. The monoisotopic (exact) mass is 223 g/mol. The Morgan fingerprint density at radius 2 is 2.17 bits per heavy atom. The molecule has 0 amide bonds. The van der Waals surface area contributed by atoms with Gasteiger partial charge in [-0.15, -0.1) is 0 Å². The fourth-order valence-electron chi connectivity index (χ4n) is 0.854. The van der Waals surface area contributed by atoms with Gasteiger partial charge in [0.05, 0.1) is 12.5 Å². The number of carbonyl (C=O) groups excluding carboxylic acids is 1. The second-order valence-corrected chi connectivity index (χ2v) is 3.09. The molecule has 0 aromatic heterocycles. The number of nitrogens with zero attached hydrogens (tertiary/aromatic N) is 1. The van der Waals surface area contributed by atoms with Crippen molar-refractivity contribution in [3.05, 3.63) is 34.3 Å². The molecule has 2 nitrogen and oxygen atoms in total. The van der Waals surface area contributed by atoms with Crippen molar-refractivity contribution in [2.75, 3.05) is 0 Å². The first-order chi connectivity index (χ1) is 5.75. The van der Waals surface area contributed by atoms with E-state index in [2.05, 4.69) is 15.9 Å². The standard InChI is InChI=1S/C9H6BrNO/c10-8-4-2-1-3-7(8)9(12)5-6-11/h1-4H,5H2. The lowest BCUT2D eigenvalue weighted by atomic mass is 10.1. The third kappa shape index (κ3) is 1.93. The van der Waals surface area contributed by atoms with Gasteiger partial charge < -0.3 is 0 Å². The van der Waals surface area contributed by atoms with Crippen molar-refractivity contribution in [1.29, 1.82) is 5.26 Å². The van der Waals surface area contributed by atoms with Gasteiger partial charge in [-0.3, -0.25) is 4.79 Å². The van der Waals surface area contributed by atoms with Crippen LogP contribution in [0.4, 0.5) is 0 Å². The van der Waals surface area contributed by atoms with Crippen LogP contribution in [-0.2, 0) is 0 Å². The highest BCUT2D eigenvalue weighted by Gasteiger charge is 2.07. The quantitative estimate of drug-likeness (QED) is 0.724. The molecule has 0 fully saturated rings. The first-order valence-corrected chi connectivity index (χ1v) is 4.19. The fourth-order valence-corrected chi connectivity index (χ4v) is 1.36. The molecule has 12 heavy (non-hydrogen) atoms. The number of Topliss-reactive ketones (excluding diaryl/α,β-unsaturated/α-hetero) is 1. The van der Waals surface area contributed by atoms with Gasteiger partial charge in [0.15, 0.2) is 5.78 Å². The Kier molecular flexibility index (Phi) is 3.01. The van der Waals surface area contributed by atoms with Gasteiger partial charge in [-0.05, 0) is 6.07 Å². The lowest BCUT2D eigenvalue weighted by Crippen LogP contribution is -1.97. The van der Waals surface area contributed by atoms with Crippen LogP contribution in [0.1, 0.15) is 16.8 Å². The van der Waals surface area contributed by atoms with Gasteiger partial charge in [-0.1, -0.05) is 34.1 Å². The zero-order valence-corrected chi connectivity index (χ0v) is 7.84. The van der Waals surface area contributed by atoms with E-state index in [4.69, 9.17) is 5.26 Å². The van der Waals surface area contributed by atoms with Gasteiger partial charge in [0, 0.05) is 10.0 Å². The number of nitriles is 1. The summed E-state index contributed by atoms with van der Waals surface area (Å²) >= 11 is 3.24. The van der Waals surface area contributed by atoms with Crippen molar-refractivity contribution in [2.45, 2.75) is 6.42 Å². The third-order valence-electron chi connectivity index (χ3n) is 1.41. The Balaban J connectivity index is 2.97. The number of ketones is 1. The van der Waals surface area contributed by atoms with Crippen molar-refractivity contribution >= 4 is 21.7 Å². The molecule has 3 heteroatoms. The van der Waals surface area contributed by atoms with Gasteiger partial charge in [-0.25, -0.2) is 0 Å². The minimum atomic E-state index is -0.148. The number of hydrogen-bond donors (Lipinski definition) is 0. The lowest BCUT2D eigenvalue weighted by molar-refractivity contribution is 0.0997. The Bertz CT molecular complexity index is 341. The van der Waals surface area contributed by atoms with Gasteiger partial charge in [0.1, 0.15) is 0 Å². The summed E-state index contributed by atoms with van der Waals surface area (Å²) < 4.78 is 0.741. The zero-order chi connectivity index (χ0) is 8.97. The maximum atomic E-state index is 11.2. The number of halogens is 1. The van der Waals surface area contributed by atoms with Crippen LogP contribution in [0.5, 0.6) is 0 Å². The van der Waals surface area contributed by atoms with E-state index in [0.717, 1.165) is 4.47 Å². The number of benzene rings is 1. The van der Waals surface area contributed by atoms with Crippen molar-refractivity contribution in [3.63, 3.8) is 0 Å².